The molecule has 0 saturated heterocycles. The van der Waals surface area contributed by atoms with Gasteiger partial charge < -0.3 is 14.8 Å². The van der Waals surface area contributed by atoms with Crippen molar-refractivity contribution in [2.45, 2.75) is 18.9 Å². The SMILES string of the molecule is CNCC1CC(OC(=O)Nc2cccc(OC)c2)C1. The summed E-state index contributed by atoms with van der Waals surface area (Å²) in [7, 11) is 3.53. The molecule has 0 heterocycles. The molecular formula is C14H20N2O3. The second kappa shape index (κ2) is 6.43. The van der Waals surface area contributed by atoms with Gasteiger partial charge in [-0.25, -0.2) is 4.79 Å². The highest BCUT2D eigenvalue weighted by molar-refractivity contribution is 5.85. The number of anilines is 1. The summed E-state index contributed by atoms with van der Waals surface area (Å²) in [5.41, 5.74) is 0.676. The molecule has 0 radical (unpaired) electrons. The van der Waals surface area contributed by atoms with E-state index in [9.17, 15) is 4.79 Å². The smallest absolute Gasteiger partial charge is 0.411 e. The monoisotopic (exact) mass is 264 g/mol. The zero-order chi connectivity index (χ0) is 13.7. The van der Waals surface area contributed by atoms with E-state index in [2.05, 4.69) is 10.6 Å². The molecule has 0 aliphatic heterocycles. The molecule has 0 atom stereocenters. The summed E-state index contributed by atoms with van der Waals surface area (Å²) >= 11 is 0. The van der Waals surface area contributed by atoms with E-state index in [0.29, 0.717) is 17.4 Å². The van der Waals surface area contributed by atoms with E-state index < -0.39 is 6.09 Å². The van der Waals surface area contributed by atoms with Crippen molar-refractivity contribution in [2.75, 3.05) is 26.0 Å². The Morgan fingerprint density at radius 3 is 2.89 bits per heavy atom. The van der Waals surface area contributed by atoms with Crippen LogP contribution < -0.4 is 15.4 Å². The van der Waals surface area contributed by atoms with Crippen molar-refractivity contribution >= 4 is 11.8 Å². The van der Waals surface area contributed by atoms with Crippen molar-refractivity contribution in [3.63, 3.8) is 0 Å². The molecule has 5 nitrogen and oxygen atoms in total. The minimum Gasteiger partial charge on any atom is -0.497 e. The molecule has 5 heteroatoms. The summed E-state index contributed by atoms with van der Waals surface area (Å²) in [5, 5.41) is 5.83. The lowest BCUT2D eigenvalue weighted by Crippen LogP contribution is -2.38. The van der Waals surface area contributed by atoms with Crippen LogP contribution in [-0.2, 0) is 4.74 Å². The maximum atomic E-state index is 11.7. The zero-order valence-electron chi connectivity index (χ0n) is 11.3. The fraction of sp³-hybridized carbons (Fsp3) is 0.500. The number of carbonyl (C=O) groups excluding carboxylic acids is 1. The topological polar surface area (TPSA) is 59.6 Å². The number of rotatable bonds is 5. The lowest BCUT2D eigenvalue weighted by atomic mass is 9.82. The van der Waals surface area contributed by atoms with Crippen molar-refractivity contribution in [1.29, 1.82) is 0 Å². The third-order valence-corrected chi connectivity index (χ3v) is 3.28. The van der Waals surface area contributed by atoms with E-state index in [1.54, 1.807) is 19.2 Å². The van der Waals surface area contributed by atoms with Gasteiger partial charge in [0, 0.05) is 11.8 Å². The number of nitrogens with one attached hydrogen (secondary N) is 2. The van der Waals surface area contributed by atoms with Crippen LogP contribution in [0, 0.1) is 5.92 Å². The molecule has 2 rings (SSSR count). The molecule has 1 saturated carbocycles. The second-order valence-electron chi connectivity index (χ2n) is 4.78. The third kappa shape index (κ3) is 3.86. The number of amides is 1. The fourth-order valence-electron chi connectivity index (χ4n) is 2.23. The van der Waals surface area contributed by atoms with Crippen LogP contribution in [0.4, 0.5) is 10.5 Å². The molecule has 0 bridgehead atoms. The van der Waals surface area contributed by atoms with Gasteiger partial charge in [0.1, 0.15) is 11.9 Å². The van der Waals surface area contributed by atoms with Crippen LogP contribution >= 0.6 is 0 Å². The van der Waals surface area contributed by atoms with Gasteiger partial charge >= 0.3 is 6.09 Å². The highest BCUT2D eigenvalue weighted by Crippen LogP contribution is 2.29. The molecule has 0 unspecified atom stereocenters. The highest BCUT2D eigenvalue weighted by atomic mass is 16.6. The van der Waals surface area contributed by atoms with Crippen molar-refractivity contribution < 1.29 is 14.3 Å². The van der Waals surface area contributed by atoms with Crippen LogP contribution in [0.5, 0.6) is 5.75 Å². The van der Waals surface area contributed by atoms with Crippen LogP contribution in [-0.4, -0.2) is 32.9 Å². The second-order valence-corrected chi connectivity index (χ2v) is 4.78. The molecule has 1 aliphatic carbocycles. The highest BCUT2D eigenvalue weighted by Gasteiger charge is 2.31. The van der Waals surface area contributed by atoms with E-state index in [1.807, 2.05) is 19.2 Å². The molecule has 0 aromatic heterocycles. The van der Waals surface area contributed by atoms with Crippen molar-refractivity contribution in [3.05, 3.63) is 24.3 Å². The van der Waals surface area contributed by atoms with E-state index in [1.165, 1.54) is 0 Å². The van der Waals surface area contributed by atoms with E-state index in [4.69, 9.17) is 9.47 Å². The minimum absolute atomic E-state index is 0.0453. The van der Waals surface area contributed by atoms with Crippen molar-refractivity contribution in [1.82, 2.24) is 5.32 Å². The van der Waals surface area contributed by atoms with Crippen LogP contribution in [0.25, 0.3) is 0 Å². The standard InChI is InChI=1S/C14H20N2O3/c1-15-9-10-6-13(7-10)19-14(17)16-11-4-3-5-12(8-11)18-2/h3-5,8,10,13,15H,6-7,9H2,1-2H3,(H,16,17). The Morgan fingerprint density at radius 1 is 1.42 bits per heavy atom. The predicted molar refractivity (Wildman–Crippen MR) is 73.5 cm³/mol. The quantitative estimate of drug-likeness (QED) is 0.856. The molecular weight excluding hydrogens is 244 g/mol. The molecule has 1 amide bonds. The van der Waals surface area contributed by atoms with E-state index in [0.717, 1.165) is 19.4 Å². The average molecular weight is 264 g/mol. The summed E-state index contributed by atoms with van der Waals surface area (Å²) in [6.45, 7) is 0.983. The predicted octanol–water partition coefficient (Wildman–Crippen LogP) is 2.24. The van der Waals surface area contributed by atoms with Gasteiger partial charge in [-0.2, -0.15) is 0 Å². The Bertz CT molecular complexity index is 430. The van der Waals surface area contributed by atoms with Gasteiger partial charge in [-0.15, -0.1) is 0 Å². The summed E-state index contributed by atoms with van der Waals surface area (Å²) in [6, 6.07) is 7.20. The van der Waals surface area contributed by atoms with Crippen LogP contribution in [0.1, 0.15) is 12.8 Å². The van der Waals surface area contributed by atoms with Gasteiger partial charge in [-0.1, -0.05) is 6.07 Å². The molecule has 1 fully saturated rings. The van der Waals surface area contributed by atoms with E-state index >= 15 is 0 Å². The maximum Gasteiger partial charge on any atom is 0.411 e. The molecule has 1 aromatic rings. The first-order valence-electron chi connectivity index (χ1n) is 6.47. The third-order valence-electron chi connectivity index (χ3n) is 3.28. The summed E-state index contributed by atoms with van der Waals surface area (Å²) in [5.74, 6) is 1.33. The minimum atomic E-state index is -0.402. The Labute approximate surface area is 113 Å². The lowest BCUT2D eigenvalue weighted by Gasteiger charge is -2.34. The normalized spacial score (nSPS) is 21.4. The number of hydrogen-bond acceptors (Lipinski definition) is 4. The van der Waals surface area contributed by atoms with Gasteiger partial charge in [-0.3, -0.25) is 5.32 Å². The summed E-state index contributed by atoms with van der Waals surface area (Å²) in [4.78, 5) is 11.7. The Morgan fingerprint density at radius 2 is 2.21 bits per heavy atom. The number of hydrogen-bond donors (Lipinski definition) is 2. The lowest BCUT2D eigenvalue weighted by molar-refractivity contribution is 0.0257. The number of methoxy groups -OCH3 is 1. The Kier molecular flexibility index (Phi) is 4.63. The summed E-state index contributed by atoms with van der Waals surface area (Å²) < 4.78 is 10.4. The van der Waals surface area contributed by atoms with E-state index in [-0.39, 0.29) is 6.10 Å². The fourth-order valence-corrected chi connectivity index (χ4v) is 2.23. The first-order chi connectivity index (χ1) is 9.21. The van der Waals surface area contributed by atoms with Gasteiger partial charge in [0.25, 0.3) is 0 Å². The first-order valence-corrected chi connectivity index (χ1v) is 6.47. The number of carbonyl (C=O) groups is 1. The van der Waals surface area contributed by atoms with Crippen LogP contribution in [0.2, 0.25) is 0 Å². The zero-order valence-corrected chi connectivity index (χ0v) is 11.3. The number of ether oxygens (including phenoxy) is 2. The number of benzene rings is 1. The van der Waals surface area contributed by atoms with Gasteiger partial charge in [0.2, 0.25) is 0 Å². The molecule has 0 spiro atoms. The first kappa shape index (κ1) is 13.7. The molecule has 19 heavy (non-hydrogen) atoms. The van der Waals surface area contributed by atoms with Crippen LogP contribution in [0.15, 0.2) is 24.3 Å². The summed E-state index contributed by atoms with van der Waals surface area (Å²) in [6.07, 6.45) is 1.52. The average Bonchev–Trinajstić information content (AvgIpc) is 2.36. The molecule has 1 aliphatic rings. The van der Waals surface area contributed by atoms with Gasteiger partial charge in [-0.05, 0) is 44.5 Å². The van der Waals surface area contributed by atoms with Crippen LogP contribution in [0.3, 0.4) is 0 Å². The van der Waals surface area contributed by atoms with Crippen molar-refractivity contribution in [3.8, 4) is 5.75 Å². The molecule has 1 aromatic carbocycles. The Balaban J connectivity index is 1.75. The van der Waals surface area contributed by atoms with Gasteiger partial charge in [0.05, 0.1) is 7.11 Å². The van der Waals surface area contributed by atoms with Gasteiger partial charge in [0.15, 0.2) is 0 Å². The molecule has 104 valence electrons. The molecule has 2 N–H and O–H groups in total. The Hall–Kier alpha value is -1.75. The van der Waals surface area contributed by atoms with Crippen molar-refractivity contribution in [2.24, 2.45) is 5.92 Å². The maximum absolute atomic E-state index is 11.7. The largest absolute Gasteiger partial charge is 0.497 e.